The van der Waals surface area contributed by atoms with Crippen LogP contribution in [-0.2, 0) is 16.6 Å². The number of H-pyrrole nitrogens is 1. The first kappa shape index (κ1) is 12.4. The number of hydrogen-bond acceptors (Lipinski definition) is 6. The first-order valence-corrected chi connectivity index (χ1v) is 6.24. The van der Waals surface area contributed by atoms with Gasteiger partial charge in [-0.3, -0.25) is 0 Å². The van der Waals surface area contributed by atoms with Gasteiger partial charge in [-0.25, -0.2) is 17.5 Å². The lowest BCUT2D eigenvalue weighted by Crippen LogP contribution is -2.24. The van der Waals surface area contributed by atoms with E-state index in [0.717, 1.165) is 6.07 Å². The van der Waals surface area contributed by atoms with E-state index in [2.05, 4.69) is 25.3 Å². The van der Waals surface area contributed by atoms with Crippen molar-refractivity contribution in [2.24, 2.45) is 0 Å². The molecule has 1 aromatic heterocycles. The van der Waals surface area contributed by atoms with Gasteiger partial charge in [-0.1, -0.05) is 5.21 Å². The van der Waals surface area contributed by atoms with Crippen LogP contribution in [0.1, 0.15) is 5.82 Å². The highest BCUT2D eigenvalue weighted by molar-refractivity contribution is 7.89. The third-order valence-electron chi connectivity index (χ3n) is 2.09. The van der Waals surface area contributed by atoms with Crippen LogP contribution in [-0.4, -0.2) is 29.0 Å². The summed E-state index contributed by atoms with van der Waals surface area (Å²) >= 11 is 0. The maximum Gasteiger partial charge on any atom is 0.241 e. The van der Waals surface area contributed by atoms with E-state index in [1.807, 2.05) is 0 Å². The third-order valence-corrected chi connectivity index (χ3v) is 3.49. The normalized spacial score (nSPS) is 11.6. The summed E-state index contributed by atoms with van der Waals surface area (Å²) in [6.07, 6.45) is 0. The number of sulfonamides is 1. The zero-order valence-electron chi connectivity index (χ0n) is 8.96. The van der Waals surface area contributed by atoms with E-state index in [4.69, 9.17) is 5.73 Å². The van der Waals surface area contributed by atoms with Crippen LogP contribution in [0.25, 0.3) is 0 Å². The summed E-state index contributed by atoms with van der Waals surface area (Å²) in [6, 6.07) is 3.23. The minimum atomic E-state index is -3.84. The fraction of sp³-hybridized carbons (Fsp3) is 0.125. The van der Waals surface area contributed by atoms with Crippen LogP contribution in [0.3, 0.4) is 0 Å². The van der Waals surface area contributed by atoms with Gasteiger partial charge in [0.2, 0.25) is 10.0 Å². The largest absolute Gasteiger partial charge is 0.396 e. The molecule has 2 aromatic rings. The smallest absolute Gasteiger partial charge is 0.241 e. The lowest BCUT2D eigenvalue weighted by atomic mass is 10.3. The molecule has 1 aromatic carbocycles. The van der Waals surface area contributed by atoms with Crippen LogP contribution in [0.5, 0.6) is 0 Å². The third kappa shape index (κ3) is 2.60. The number of aromatic amines is 1. The monoisotopic (exact) mass is 272 g/mol. The second kappa shape index (κ2) is 4.66. The average molecular weight is 272 g/mol. The Morgan fingerprint density at radius 2 is 2.22 bits per heavy atom. The van der Waals surface area contributed by atoms with Crippen molar-refractivity contribution in [3.8, 4) is 0 Å². The van der Waals surface area contributed by atoms with Gasteiger partial charge < -0.3 is 5.73 Å². The summed E-state index contributed by atoms with van der Waals surface area (Å²) in [5.74, 6) is -0.619. The number of nitrogens with one attached hydrogen (secondary N) is 2. The molecule has 0 radical (unpaired) electrons. The Hall–Kier alpha value is -2.07. The molecule has 96 valence electrons. The highest BCUT2D eigenvalue weighted by Gasteiger charge is 2.16. The SMILES string of the molecule is Nc1ccc(S(=O)(=O)NCc2nn[nH]n2)cc1F. The van der Waals surface area contributed by atoms with Gasteiger partial charge in [0.25, 0.3) is 0 Å². The fourth-order valence-electron chi connectivity index (χ4n) is 1.18. The molecule has 0 saturated carbocycles. The minimum absolute atomic E-state index is 0.118. The first-order valence-electron chi connectivity index (χ1n) is 4.76. The van der Waals surface area contributed by atoms with Crippen molar-refractivity contribution in [3.63, 3.8) is 0 Å². The van der Waals surface area contributed by atoms with E-state index in [-0.39, 0.29) is 23.0 Å². The van der Waals surface area contributed by atoms with Crippen LogP contribution < -0.4 is 10.5 Å². The van der Waals surface area contributed by atoms with Crippen molar-refractivity contribution in [1.82, 2.24) is 25.3 Å². The van der Waals surface area contributed by atoms with E-state index in [0.29, 0.717) is 0 Å². The van der Waals surface area contributed by atoms with Crippen LogP contribution >= 0.6 is 0 Å². The van der Waals surface area contributed by atoms with Gasteiger partial charge in [-0.2, -0.15) is 5.21 Å². The highest BCUT2D eigenvalue weighted by atomic mass is 32.2. The van der Waals surface area contributed by atoms with Crippen molar-refractivity contribution >= 4 is 15.7 Å². The van der Waals surface area contributed by atoms with Gasteiger partial charge in [0, 0.05) is 0 Å². The van der Waals surface area contributed by atoms with Crippen LogP contribution in [0.4, 0.5) is 10.1 Å². The van der Waals surface area contributed by atoms with Crippen LogP contribution in [0, 0.1) is 5.82 Å². The summed E-state index contributed by atoms with van der Waals surface area (Å²) in [5.41, 5.74) is 5.14. The van der Waals surface area contributed by atoms with E-state index in [1.165, 1.54) is 12.1 Å². The molecule has 18 heavy (non-hydrogen) atoms. The number of hydrogen-bond donors (Lipinski definition) is 3. The average Bonchev–Trinajstić information content (AvgIpc) is 2.83. The maximum atomic E-state index is 13.2. The van der Waals surface area contributed by atoms with E-state index in [1.54, 1.807) is 0 Å². The molecule has 0 saturated heterocycles. The molecule has 0 aliphatic heterocycles. The van der Waals surface area contributed by atoms with Crippen molar-refractivity contribution in [1.29, 1.82) is 0 Å². The van der Waals surface area contributed by atoms with Gasteiger partial charge in [0.15, 0.2) is 5.82 Å². The molecule has 0 amide bonds. The summed E-state index contributed by atoms with van der Waals surface area (Å²) in [4.78, 5) is -0.224. The van der Waals surface area contributed by atoms with Gasteiger partial charge >= 0.3 is 0 Å². The number of aromatic nitrogens is 4. The summed E-state index contributed by atoms with van der Waals surface area (Å²) in [6.45, 7) is -0.148. The number of halogens is 1. The minimum Gasteiger partial charge on any atom is -0.396 e. The number of rotatable bonds is 4. The summed E-state index contributed by atoms with van der Waals surface area (Å²) < 4.78 is 38.9. The molecule has 0 unspecified atom stereocenters. The van der Waals surface area contributed by atoms with Gasteiger partial charge in [-0.05, 0) is 18.2 Å². The quantitative estimate of drug-likeness (QED) is 0.638. The van der Waals surface area contributed by atoms with Crippen LogP contribution in [0.15, 0.2) is 23.1 Å². The highest BCUT2D eigenvalue weighted by Crippen LogP contribution is 2.16. The van der Waals surface area contributed by atoms with Gasteiger partial charge in [0.05, 0.1) is 17.1 Å². The Kier molecular flexibility index (Phi) is 3.21. The van der Waals surface area contributed by atoms with E-state index in [9.17, 15) is 12.8 Å². The zero-order chi connectivity index (χ0) is 13.2. The van der Waals surface area contributed by atoms with Gasteiger partial charge in [0.1, 0.15) is 5.82 Å². The number of nitrogen functional groups attached to an aromatic ring is 1. The second-order valence-electron chi connectivity index (χ2n) is 3.34. The Morgan fingerprint density at radius 3 is 2.83 bits per heavy atom. The Morgan fingerprint density at radius 1 is 1.44 bits per heavy atom. The molecule has 0 atom stereocenters. The topological polar surface area (TPSA) is 127 Å². The van der Waals surface area contributed by atoms with Crippen molar-refractivity contribution in [2.75, 3.05) is 5.73 Å². The maximum absolute atomic E-state index is 13.2. The molecular weight excluding hydrogens is 263 g/mol. The predicted molar refractivity (Wildman–Crippen MR) is 59.0 cm³/mol. The van der Waals surface area contributed by atoms with Crippen molar-refractivity contribution < 1.29 is 12.8 Å². The van der Waals surface area contributed by atoms with E-state index >= 15 is 0 Å². The number of tetrazole rings is 1. The predicted octanol–water partition coefficient (Wildman–Crippen LogP) is -0.601. The fourth-order valence-corrected chi connectivity index (χ4v) is 2.17. The molecule has 8 nitrogen and oxygen atoms in total. The number of anilines is 1. The molecule has 0 aliphatic rings. The molecule has 1 heterocycles. The second-order valence-corrected chi connectivity index (χ2v) is 5.10. The van der Waals surface area contributed by atoms with Crippen molar-refractivity contribution in [2.45, 2.75) is 11.4 Å². The summed E-state index contributed by atoms with van der Waals surface area (Å²) in [7, 11) is -3.84. The molecule has 0 spiro atoms. The standard InChI is InChI=1S/C8H9FN6O2S/c9-6-3-5(1-2-7(6)10)18(16,17)11-4-8-12-14-15-13-8/h1-3,11H,4,10H2,(H,12,13,14,15). The van der Waals surface area contributed by atoms with Gasteiger partial charge in [-0.15, -0.1) is 10.2 Å². The number of nitrogens with two attached hydrogens (primary N) is 1. The van der Waals surface area contributed by atoms with E-state index < -0.39 is 15.8 Å². The Labute approximate surface area is 101 Å². The molecule has 0 bridgehead atoms. The summed E-state index contributed by atoms with van der Waals surface area (Å²) in [5, 5.41) is 12.6. The molecule has 4 N–H and O–H groups in total. The zero-order valence-corrected chi connectivity index (χ0v) is 9.78. The molecule has 0 aliphatic carbocycles. The lowest BCUT2D eigenvalue weighted by Gasteiger charge is -2.05. The lowest BCUT2D eigenvalue weighted by molar-refractivity contribution is 0.576. The molecule has 10 heteroatoms. The Balaban J connectivity index is 2.17. The van der Waals surface area contributed by atoms with Crippen LogP contribution in [0.2, 0.25) is 0 Å². The first-order chi connectivity index (χ1) is 8.49. The molecule has 2 rings (SSSR count). The number of nitrogens with zero attached hydrogens (tertiary/aromatic N) is 3. The molecular formula is C8H9FN6O2S. The Bertz CT molecular complexity index is 642. The van der Waals surface area contributed by atoms with Crippen molar-refractivity contribution in [3.05, 3.63) is 29.8 Å². The molecule has 0 fully saturated rings. The number of benzene rings is 1.